The van der Waals surface area contributed by atoms with Gasteiger partial charge in [-0.15, -0.1) is 0 Å². The van der Waals surface area contributed by atoms with Gasteiger partial charge in [-0.25, -0.2) is 13.1 Å². The van der Waals surface area contributed by atoms with Crippen molar-refractivity contribution in [3.05, 3.63) is 11.4 Å². The first-order valence-corrected chi connectivity index (χ1v) is 8.77. The van der Waals surface area contributed by atoms with Crippen molar-refractivity contribution in [2.45, 2.75) is 56.7 Å². The van der Waals surface area contributed by atoms with Gasteiger partial charge in [0.25, 0.3) is 0 Å². The van der Waals surface area contributed by atoms with E-state index < -0.39 is 10.0 Å². The van der Waals surface area contributed by atoms with E-state index in [1.807, 2.05) is 6.92 Å². The Morgan fingerprint density at radius 3 is 2.86 bits per heavy atom. The number of ether oxygens (including phenoxy) is 1. The van der Waals surface area contributed by atoms with Gasteiger partial charge in [0.05, 0.1) is 17.5 Å². The molecule has 1 heterocycles. The van der Waals surface area contributed by atoms with E-state index in [0.717, 1.165) is 25.8 Å². The molecular weight excluding hydrogens is 292 g/mol. The number of rotatable bonds is 7. The molecule has 0 aliphatic heterocycles. The highest BCUT2D eigenvalue weighted by Crippen LogP contribution is 2.25. The van der Waals surface area contributed by atoms with Crippen LogP contribution in [-0.4, -0.2) is 44.4 Å². The fourth-order valence-electron chi connectivity index (χ4n) is 2.79. The number of aromatic amines is 1. The van der Waals surface area contributed by atoms with Gasteiger partial charge in [-0.2, -0.15) is 5.10 Å². The Morgan fingerprint density at radius 1 is 1.43 bits per heavy atom. The van der Waals surface area contributed by atoms with E-state index >= 15 is 0 Å². The Morgan fingerprint density at radius 2 is 2.19 bits per heavy atom. The van der Waals surface area contributed by atoms with Crippen LogP contribution in [0, 0.1) is 6.92 Å². The Bertz CT molecular complexity index is 570. The predicted octanol–water partition coefficient (Wildman–Crippen LogP) is 0.673. The SMILES string of the molecule is CCNCc1n[nH]c(C)c1S(=O)(=O)NC1CCCC1OC. The Balaban J connectivity index is 2.21. The summed E-state index contributed by atoms with van der Waals surface area (Å²) in [5.41, 5.74) is 1.08. The molecule has 0 bridgehead atoms. The van der Waals surface area contributed by atoms with Crippen molar-refractivity contribution in [3.8, 4) is 0 Å². The molecule has 1 aliphatic rings. The fourth-order valence-corrected chi connectivity index (χ4v) is 4.45. The number of nitrogens with one attached hydrogen (secondary N) is 3. The van der Waals surface area contributed by atoms with Crippen molar-refractivity contribution < 1.29 is 13.2 Å². The van der Waals surface area contributed by atoms with Crippen LogP contribution in [0.4, 0.5) is 0 Å². The minimum atomic E-state index is -3.60. The summed E-state index contributed by atoms with van der Waals surface area (Å²) in [7, 11) is -1.98. The zero-order chi connectivity index (χ0) is 15.5. The van der Waals surface area contributed by atoms with Crippen molar-refractivity contribution in [1.29, 1.82) is 0 Å². The third kappa shape index (κ3) is 3.63. The number of aryl methyl sites for hydroxylation is 1. The standard InChI is InChI=1S/C13H24N4O3S/c1-4-14-8-11-13(9(2)15-16-11)21(18,19)17-10-6-5-7-12(10)20-3/h10,12,14,17H,4-8H2,1-3H3,(H,15,16). The number of hydrogen-bond donors (Lipinski definition) is 3. The van der Waals surface area contributed by atoms with E-state index in [1.165, 1.54) is 0 Å². The zero-order valence-electron chi connectivity index (χ0n) is 12.8. The molecule has 120 valence electrons. The summed E-state index contributed by atoms with van der Waals surface area (Å²) >= 11 is 0. The molecule has 2 unspecified atom stereocenters. The highest BCUT2D eigenvalue weighted by molar-refractivity contribution is 7.89. The fraction of sp³-hybridized carbons (Fsp3) is 0.769. The lowest BCUT2D eigenvalue weighted by molar-refractivity contribution is 0.0916. The van der Waals surface area contributed by atoms with Crippen LogP contribution >= 0.6 is 0 Å². The molecule has 1 aliphatic carbocycles. The molecule has 1 saturated carbocycles. The molecule has 2 rings (SSSR count). The molecule has 0 saturated heterocycles. The maximum absolute atomic E-state index is 12.7. The summed E-state index contributed by atoms with van der Waals surface area (Å²) in [5.74, 6) is 0. The highest BCUT2D eigenvalue weighted by Gasteiger charge is 2.33. The van der Waals surface area contributed by atoms with Crippen LogP contribution in [-0.2, 0) is 21.3 Å². The molecule has 21 heavy (non-hydrogen) atoms. The smallest absolute Gasteiger partial charge is 0.244 e. The lowest BCUT2D eigenvalue weighted by Crippen LogP contribution is -2.41. The molecule has 0 spiro atoms. The van der Waals surface area contributed by atoms with Crippen molar-refractivity contribution in [3.63, 3.8) is 0 Å². The monoisotopic (exact) mass is 316 g/mol. The largest absolute Gasteiger partial charge is 0.380 e. The van der Waals surface area contributed by atoms with E-state index in [4.69, 9.17) is 4.74 Å². The molecule has 1 aromatic rings. The normalized spacial score (nSPS) is 22.8. The molecule has 0 aromatic carbocycles. The first-order chi connectivity index (χ1) is 9.99. The second-order valence-corrected chi connectivity index (χ2v) is 6.99. The topological polar surface area (TPSA) is 96.1 Å². The summed E-state index contributed by atoms with van der Waals surface area (Å²) in [4.78, 5) is 0.255. The minimum Gasteiger partial charge on any atom is -0.380 e. The first kappa shape index (κ1) is 16.4. The predicted molar refractivity (Wildman–Crippen MR) is 79.5 cm³/mol. The highest BCUT2D eigenvalue weighted by atomic mass is 32.2. The average Bonchev–Trinajstić information content (AvgIpc) is 3.02. The van der Waals surface area contributed by atoms with E-state index in [-0.39, 0.29) is 17.0 Å². The summed E-state index contributed by atoms with van der Waals surface area (Å²) in [6.07, 6.45) is 2.61. The van der Waals surface area contributed by atoms with Crippen LogP contribution in [0.15, 0.2) is 4.90 Å². The Labute approximate surface area is 125 Å². The molecule has 1 fully saturated rings. The quantitative estimate of drug-likeness (QED) is 0.687. The third-order valence-corrected chi connectivity index (χ3v) is 5.53. The second kappa shape index (κ2) is 6.87. The summed E-state index contributed by atoms with van der Waals surface area (Å²) in [5, 5.41) is 9.96. The summed E-state index contributed by atoms with van der Waals surface area (Å²) in [6.45, 7) is 4.87. The molecular formula is C13H24N4O3S. The van der Waals surface area contributed by atoms with Gasteiger partial charge in [-0.3, -0.25) is 5.10 Å². The van der Waals surface area contributed by atoms with Crippen LogP contribution in [0.3, 0.4) is 0 Å². The minimum absolute atomic E-state index is 0.0517. The number of sulfonamides is 1. The van der Waals surface area contributed by atoms with Gasteiger partial charge in [-0.05, 0) is 32.7 Å². The number of H-pyrrole nitrogens is 1. The number of nitrogens with zero attached hydrogens (tertiary/aromatic N) is 1. The third-order valence-electron chi connectivity index (χ3n) is 3.83. The van der Waals surface area contributed by atoms with Gasteiger partial charge in [0.2, 0.25) is 10.0 Å². The van der Waals surface area contributed by atoms with E-state index in [9.17, 15) is 8.42 Å². The number of aromatic nitrogens is 2. The second-order valence-electron chi connectivity index (χ2n) is 5.34. The maximum atomic E-state index is 12.7. The van der Waals surface area contributed by atoms with Crippen molar-refractivity contribution in [1.82, 2.24) is 20.2 Å². The van der Waals surface area contributed by atoms with Crippen molar-refractivity contribution >= 4 is 10.0 Å². The lowest BCUT2D eigenvalue weighted by atomic mass is 10.2. The average molecular weight is 316 g/mol. The number of methoxy groups -OCH3 is 1. The Hall–Kier alpha value is -0.960. The van der Waals surface area contributed by atoms with Crippen LogP contribution in [0.25, 0.3) is 0 Å². The number of hydrogen-bond acceptors (Lipinski definition) is 5. The zero-order valence-corrected chi connectivity index (χ0v) is 13.6. The van der Waals surface area contributed by atoms with Gasteiger partial charge in [0.15, 0.2) is 0 Å². The van der Waals surface area contributed by atoms with Gasteiger partial charge in [0, 0.05) is 19.7 Å². The summed E-state index contributed by atoms with van der Waals surface area (Å²) < 4.78 is 33.4. The van der Waals surface area contributed by atoms with Crippen molar-refractivity contribution in [2.75, 3.05) is 13.7 Å². The van der Waals surface area contributed by atoms with Crippen LogP contribution < -0.4 is 10.0 Å². The van der Waals surface area contributed by atoms with Gasteiger partial charge in [0.1, 0.15) is 4.90 Å². The van der Waals surface area contributed by atoms with Crippen molar-refractivity contribution in [2.24, 2.45) is 0 Å². The molecule has 8 heteroatoms. The lowest BCUT2D eigenvalue weighted by Gasteiger charge is -2.19. The van der Waals surface area contributed by atoms with Crippen LogP contribution in [0.1, 0.15) is 37.6 Å². The molecule has 1 aromatic heterocycles. The van der Waals surface area contributed by atoms with Crippen LogP contribution in [0.5, 0.6) is 0 Å². The maximum Gasteiger partial charge on any atom is 0.244 e. The first-order valence-electron chi connectivity index (χ1n) is 7.29. The van der Waals surface area contributed by atoms with Gasteiger partial charge < -0.3 is 10.1 Å². The Kier molecular flexibility index (Phi) is 5.37. The molecule has 0 amide bonds. The summed E-state index contributed by atoms with van der Waals surface area (Å²) in [6, 6.07) is -0.165. The van der Waals surface area contributed by atoms with E-state index in [1.54, 1.807) is 14.0 Å². The molecule has 7 nitrogen and oxygen atoms in total. The molecule has 2 atom stereocenters. The van der Waals surface area contributed by atoms with Gasteiger partial charge >= 0.3 is 0 Å². The van der Waals surface area contributed by atoms with E-state index in [0.29, 0.717) is 17.9 Å². The van der Waals surface area contributed by atoms with E-state index in [2.05, 4.69) is 20.2 Å². The van der Waals surface area contributed by atoms with Gasteiger partial charge in [-0.1, -0.05) is 6.92 Å². The molecule has 0 radical (unpaired) electrons. The van der Waals surface area contributed by atoms with Crippen LogP contribution in [0.2, 0.25) is 0 Å². The molecule has 3 N–H and O–H groups in total.